The average Bonchev–Trinajstić information content (AvgIpc) is 3.12. The van der Waals surface area contributed by atoms with E-state index >= 15 is 0 Å². The largest absolute Gasteiger partial charge is 0.351 e. The summed E-state index contributed by atoms with van der Waals surface area (Å²) >= 11 is 1.35. The summed E-state index contributed by atoms with van der Waals surface area (Å²) in [5.41, 5.74) is 0. The molecule has 2 unspecified atom stereocenters. The number of nitrogens with zero attached hydrogens (tertiary/aromatic N) is 1. The molecule has 2 N–H and O–H groups in total. The zero-order valence-corrected chi connectivity index (χ0v) is 34.9. The van der Waals surface area contributed by atoms with E-state index in [0.29, 0.717) is 18.6 Å². The highest BCUT2D eigenvalue weighted by Gasteiger charge is 2.28. The molecule has 1 heterocycles. The van der Waals surface area contributed by atoms with Gasteiger partial charge in [0.1, 0.15) is 6.04 Å². The fourth-order valence-corrected chi connectivity index (χ4v) is 7.98. The maximum absolute atomic E-state index is 13.7. The minimum Gasteiger partial charge on any atom is -0.351 e. The van der Waals surface area contributed by atoms with Gasteiger partial charge in [0.05, 0.1) is 0 Å². The van der Waals surface area contributed by atoms with Crippen LogP contribution in [0.5, 0.6) is 0 Å². The van der Waals surface area contributed by atoms with Crippen LogP contribution in [0.1, 0.15) is 207 Å². The van der Waals surface area contributed by atoms with Gasteiger partial charge in [0, 0.05) is 24.1 Å². The fourth-order valence-electron chi connectivity index (χ4n) is 7.11. The van der Waals surface area contributed by atoms with Crippen molar-refractivity contribution in [3.05, 3.63) is 12.2 Å². The Hall–Kier alpha value is -1.34. The molecule has 2 atom stereocenters. The van der Waals surface area contributed by atoms with E-state index in [2.05, 4.69) is 55.5 Å². The van der Waals surface area contributed by atoms with E-state index < -0.39 is 6.04 Å². The Morgan fingerprint density at radius 1 is 0.627 bits per heavy atom. The molecular weight excluding hydrogens is 651 g/mol. The highest BCUT2D eigenvalue weighted by Crippen LogP contribution is 2.21. The van der Waals surface area contributed by atoms with Crippen LogP contribution in [-0.2, 0) is 14.4 Å². The van der Waals surface area contributed by atoms with Crippen molar-refractivity contribution in [2.24, 2.45) is 5.92 Å². The van der Waals surface area contributed by atoms with Gasteiger partial charge in [-0.2, -0.15) is 0 Å². The third-order valence-corrected chi connectivity index (χ3v) is 11.7. The van der Waals surface area contributed by atoms with Crippen molar-refractivity contribution in [1.82, 2.24) is 15.5 Å². The Labute approximate surface area is 320 Å². The van der Waals surface area contributed by atoms with Gasteiger partial charge in [0.15, 0.2) is 5.12 Å². The molecule has 0 aromatic carbocycles. The van der Waals surface area contributed by atoms with E-state index in [4.69, 9.17) is 0 Å². The van der Waals surface area contributed by atoms with Crippen molar-refractivity contribution in [2.75, 3.05) is 25.9 Å². The summed E-state index contributed by atoms with van der Waals surface area (Å²) in [6.07, 6.45) is 37.6. The Morgan fingerprint density at radius 3 is 1.65 bits per heavy atom. The van der Waals surface area contributed by atoms with Crippen LogP contribution in [0.3, 0.4) is 0 Å². The first-order valence-corrected chi connectivity index (χ1v) is 23.0. The zero-order chi connectivity index (χ0) is 37.2. The van der Waals surface area contributed by atoms with Crippen LogP contribution in [0, 0.1) is 5.92 Å². The lowest BCUT2D eigenvalue weighted by Crippen LogP contribution is -2.53. The van der Waals surface area contributed by atoms with Gasteiger partial charge in [-0.15, -0.1) is 0 Å². The van der Waals surface area contributed by atoms with Crippen LogP contribution in [0.4, 0.5) is 0 Å². The third-order valence-electron chi connectivity index (χ3n) is 10.7. The second-order valence-corrected chi connectivity index (χ2v) is 16.7. The van der Waals surface area contributed by atoms with Crippen LogP contribution in [0.15, 0.2) is 12.2 Å². The number of piperidine rings is 1. The van der Waals surface area contributed by atoms with Gasteiger partial charge in [-0.25, -0.2) is 0 Å². The predicted octanol–water partition coefficient (Wildman–Crippen LogP) is 11.7. The highest BCUT2D eigenvalue weighted by molar-refractivity contribution is 8.13. The van der Waals surface area contributed by atoms with Crippen molar-refractivity contribution < 1.29 is 14.4 Å². The topological polar surface area (TPSA) is 78.5 Å². The Bertz CT molecular complexity index is 874. The fraction of sp³-hybridized carbons (Fsp3) is 0.886. The molecule has 1 fully saturated rings. The standard InChI is InChI=1S/C44H83N3O3S/c1-5-8-11-14-16-17-18-19-20-21-22-23-24-26-29-32-42(48)51-38-35-41(44(50)45-40-33-36-47(4)37-34-40)46-43(49)39(30-27-13-10-7-3)31-28-25-15-12-9-6-2/h19-20,39-41H,5-18,21-38H2,1-4H3,(H,45,50)(H,46,49)/b20-19-. The lowest BCUT2D eigenvalue weighted by atomic mass is 9.93. The number of nitrogens with one attached hydrogen (secondary N) is 2. The van der Waals surface area contributed by atoms with Crippen molar-refractivity contribution in [1.29, 1.82) is 0 Å². The molecular formula is C44H83N3O3S. The maximum atomic E-state index is 13.7. The van der Waals surface area contributed by atoms with E-state index in [1.165, 1.54) is 127 Å². The van der Waals surface area contributed by atoms with Crippen LogP contribution in [0.2, 0.25) is 0 Å². The molecule has 1 saturated heterocycles. The first kappa shape index (κ1) is 47.7. The molecule has 0 aliphatic carbocycles. The summed E-state index contributed by atoms with van der Waals surface area (Å²) in [6, 6.07) is -0.434. The number of hydrogen-bond acceptors (Lipinski definition) is 5. The Morgan fingerprint density at radius 2 is 1.10 bits per heavy atom. The number of hydrogen-bond donors (Lipinski definition) is 2. The van der Waals surface area contributed by atoms with E-state index in [0.717, 1.165) is 70.9 Å². The van der Waals surface area contributed by atoms with Crippen molar-refractivity contribution in [3.8, 4) is 0 Å². The molecule has 0 radical (unpaired) electrons. The average molecular weight is 734 g/mol. The van der Waals surface area contributed by atoms with Crippen LogP contribution < -0.4 is 10.6 Å². The van der Waals surface area contributed by atoms with Gasteiger partial charge in [-0.05, 0) is 84.3 Å². The Balaban J connectivity index is 2.49. The van der Waals surface area contributed by atoms with Gasteiger partial charge in [-0.1, -0.05) is 160 Å². The number of amides is 2. The minimum atomic E-state index is -0.583. The molecule has 0 saturated carbocycles. The summed E-state index contributed by atoms with van der Waals surface area (Å²) in [5, 5.41) is 6.67. The van der Waals surface area contributed by atoms with Crippen LogP contribution >= 0.6 is 11.8 Å². The van der Waals surface area contributed by atoms with Crippen molar-refractivity contribution >= 4 is 28.7 Å². The van der Waals surface area contributed by atoms with Crippen molar-refractivity contribution in [3.63, 3.8) is 0 Å². The number of allylic oxidation sites excluding steroid dienone is 2. The van der Waals surface area contributed by atoms with Crippen molar-refractivity contribution in [2.45, 2.75) is 219 Å². The van der Waals surface area contributed by atoms with E-state index in [9.17, 15) is 14.4 Å². The van der Waals surface area contributed by atoms with E-state index in [1.807, 2.05) is 0 Å². The number of likely N-dealkylation sites (tertiary alicyclic amines) is 1. The van der Waals surface area contributed by atoms with Crippen LogP contribution in [0.25, 0.3) is 0 Å². The number of rotatable bonds is 34. The predicted molar refractivity (Wildman–Crippen MR) is 222 cm³/mol. The monoisotopic (exact) mass is 734 g/mol. The summed E-state index contributed by atoms with van der Waals surface area (Å²) in [4.78, 5) is 42.3. The van der Waals surface area contributed by atoms with Gasteiger partial charge >= 0.3 is 0 Å². The Kier molecular flexibility index (Phi) is 32.2. The quantitative estimate of drug-likeness (QED) is 0.0508. The molecule has 0 bridgehead atoms. The summed E-state index contributed by atoms with van der Waals surface area (Å²) in [6.45, 7) is 8.67. The normalized spacial score (nSPS) is 15.3. The molecule has 1 aliphatic heterocycles. The zero-order valence-electron chi connectivity index (χ0n) is 34.1. The number of unbranched alkanes of at least 4 members (excludes halogenated alkanes) is 19. The van der Waals surface area contributed by atoms with E-state index in [1.54, 1.807) is 0 Å². The summed E-state index contributed by atoms with van der Waals surface area (Å²) < 4.78 is 0. The van der Waals surface area contributed by atoms with Gasteiger partial charge in [0.25, 0.3) is 0 Å². The number of carbonyl (C=O) groups is 3. The molecule has 2 amide bonds. The maximum Gasteiger partial charge on any atom is 0.242 e. The van der Waals surface area contributed by atoms with Gasteiger partial charge in [-0.3, -0.25) is 14.4 Å². The second-order valence-electron chi connectivity index (χ2n) is 15.6. The second kappa shape index (κ2) is 34.4. The summed E-state index contributed by atoms with van der Waals surface area (Å²) in [7, 11) is 2.12. The minimum absolute atomic E-state index is 0.0354. The van der Waals surface area contributed by atoms with Gasteiger partial charge < -0.3 is 15.5 Å². The molecule has 6 nitrogen and oxygen atoms in total. The van der Waals surface area contributed by atoms with Gasteiger partial charge in [0.2, 0.25) is 11.8 Å². The first-order chi connectivity index (χ1) is 24.9. The lowest BCUT2D eigenvalue weighted by Gasteiger charge is -2.31. The molecule has 0 aromatic rings. The highest BCUT2D eigenvalue weighted by atomic mass is 32.2. The smallest absolute Gasteiger partial charge is 0.242 e. The molecule has 1 rings (SSSR count). The number of carbonyl (C=O) groups excluding carboxylic acids is 3. The SMILES string of the molecule is CCCCCCCC/C=C\CCCCCCCC(=O)SCCC(NC(=O)C(CCCCCC)CCCCCCCC)C(=O)NC1CCN(C)CC1. The third kappa shape index (κ3) is 27.9. The summed E-state index contributed by atoms with van der Waals surface area (Å²) in [5.74, 6) is 0.483. The lowest BCUT2D eigenvalue weighted by molar-refractivity contribution is -0.132. The van der Waals surface area contributed by atoms with E-state index in [-0.39, 0.29) is 28.9 Å². The first-order valence-electron chi connectivity index (χ1n) is 22.0. The molecule has 0 spiro atoms. The molecule has 0 aromatic heterocycles. The molecule has 1 aliphatic rings. The molecule has 7 heteroatoms. The number of thioether (sulfide) groups is 1. The molecule has 298 valence electrons. The van der Waals surface area contributed by atoms with Crippen LogP contribution in [-0.4, -0.2) is 59.8 Å². The molecule has 51 heavy (non-hydrogen) atoms.